The van der Waals surface area contributed by atoms with Crippen molar-refractivity contribution in [3.8, 4) is 5.75 Å². The van der Waals surface area contributed by atoms with Gasteiger partial charge >= 0.3 is 0 Å². The highest BCUT2D eigenvalue weighted by Gasteiger charge is 2.46. The summed E-state index contributed by atoms with van der Waals surface area (Å²) in [5.74, 6) is -0.948. The molecular formula is C26H24N2O4. The summed E-state index contributed by atoms with van der Waals surface area (Å²) >= 11 is 0. The van der Waals surface area contributed by atoms with E-state index in [1.165, 1.54) is 4.90 Å². The number of nitrogens with zero attached hydrogens (tertiary/aromatic N) is 2. The van der Waals surface area contributed by atoms with Gasteiger partial charge in [-0.2, -0.15) is 0 Å². The lowest BCUT2D eigenvalue weighted by Crippen LogP contribution is -2.29. The number of anilines is 1. The van der Waals surface area contributed by atoms with E-state index in [9.17, 15) is 14.7 Å². The van der Waals surface area contributed by atoms with Gasteiger partial charge in [0.25, 0.3) is 11.7 Å². The van der Waals surface area contributed by atoms with E-state index in [0.717, 1.165) is 12.0 Å². The van der Waals surface area contributed by atoms with Crippen LogP contribution in [0.3, 0.4) is 0 Å². The molecule has 2 heterocycles. The van der Waals surface area contributed by atoms with Crippen molar-refractivity contribution >= 4 is 23.1 Å². The third-order valence-electron chi connectivity index (χ3n) is 5.35. The van der Waals surface area contributed by atoms with Crippen molar-refractivity contribution in [1.29, 1.82) is 0 Å². The summed E-state index contributed by atoms with van der Waals surface area (Å²) in [5.41, 5.74) is 2.72. The Morgan fingerprint density at radius 1 is 1.06 bits per heavy atom. The first-order valence-electron chi connectivity index (χ1n) is 10.5. The molecule has 1 aliphatic heterocycles. The fraction of sp³-hybridized carbons (Fsp3) is 0.192. The molecular weight excluding hydrogens is 404 g/mol. The van der Waals surface area contributed by atoms with Crippen LogP contribution < -0.4 is 9.64 Å². The van der Waals surface area contributed by atoms with Gasteiger partial charge < -0.3 is 9.84 Å². The Balaban J connectivity index is 1.84. The Labute approximate surface area is 186 Å². The average molecular weight is 428 g/mol. The highest BCUT2D eigenvalue weighted by atomic mass is 16.5. The van der Waals surface area contributed by atoms with Crippen molar-refractivity contribution < 1.29 is 19.4 Å². The molecule has 1 N–H and O–H groups in total. The zero-order chi connectivity index (χ0) is 22.7. The van der Waals surface area contributed by atoms with Crippen molar-refractivity contribution in [3.63, 3.8) is 0 Å². The van der Waals surface area contributed by atoms with Crippen LogP contribution in [0.4, 0.5) is 5.69 Å². The second kappa shape index (κ2) is 9.06. The van der Waals surface area contributed by atoms with Crippen LogP contribution in [0.25, 0.3) is 5.76 Å². The molecule has 1 aromatic heterocycles. The summed E-state index contributed by atoms with van der Waals surface area (Å²) < 4.78 is 5.60. The summed E-state index contributed by atoms with van der Waals surface area (Å²) in [6, 6.07) is 17.0. The maximum atomic E-state index is 13.1. The zero-order valence-electron chi connectivity index (χ0n) is 18.0. The minimum atomic E-state index is -0.768. The van der Waals surface area contributed by atoms with Crippen LogP contribution in [0.1, 0.15) is 36.1 Å². The maximum Gasteiger partial charge on any atom is 0.300 e. The van der Waals surface area contributed by atoms with Gasteiger partial charge in [0.05, 0.1) is 18.2 Å². The lowest BCUT2D eigenvalue weighted by molar-refractivity contribution is -0.132. The minimum absolute atomic E-state index is 0.0462. The van der Waals surface area contributed by atoms with E-state index in [1.54, 1.807) is 54.9 Å². The van der Waals surface area contributed by atoms with Gasteiger partial charge in [0.2, 0.25) is 0 Å². The molecule has 0 spiro atoms. The number of amides is 1. The Hall–Kier alpha value is -3.93. The maximum absolute atomic E-state index is 13.1. The Kier molecular flexibility index (Phi) is 6.03. The van der Waals surface area contributed by atoms with E-state index >= 15 is 0 Å². The highest BCUT2D eigenvalue weighted by molar-refractivity contribution is 6.51. The molecule has 6 nitrogen and oxygen atoms in total. The number of hydrogen-bond acceptors (Lipinski definition) is 5. The molecule has 0 bridgehead atoms. The van der Waals surface area contributed by atoms with Crippen molar-refractivity contribution in [2.75, 3.05) is 11.5 Å². The molecule has 1 saturated heterocycles. The molecule has 32 heavy (non-hydrogen) atoms. The van der Waals surface area contributed by atoms with Crippen molar-refractivity contribution in [1.82, 2.24) is 4.98 Å². The van der Waals surface area contributed by atoms with Crippen LogP contribution in [0.5, 0.6) is 5.75 Å². The summed E-state index contributed by atoms with van der Waals surface area (Å²) in [7, 11) is 0. The molecule has 1 fully saturated rings. The Bertz CT molecular complexity index is 1170. The summed E-state index contributed by atoms with van der Waals surface area (Å²) in [6.45, 7) is 4.53. The fourth-order valence-corrected chi connectivity index (χ4v) is 3.82. The predicted octanol–water partition coefficient (Wildman–Crippen LogP) is 4.81. The van der Waals surface area contributed by atoms with Crippen LogP contribution in [0.15, 0.2) is 78.6 Å². The van der Waals surface area contributed by atoms with Crippen LogP contribution in [0, 0.1) is 6.92 Å². The fourth-order valence-electron chi connectivity index (χ4n) is 3.82. The van der Waals surface area contributed by atoms with Crippen molar-refractivity contribution in [3.05, 3.63) is 95.3 Å². The lowest BCUT2D eigenvalue weighted by Gasteiger charge is -2.25. The molecule has 2 aromatic carbocycles. The number of carbonyl (C=O) groups excluding carboxylic acids is 2. The van der Waals surface area contributed by atoms with E-state index in [2.05, 4.69) is 4.98 Å². The summed E-state index contributed by atoms with van der Waals surface area (Å²) in [4.78, 5) is 31.7. The minimum Gasteiger partial charge on any atom is -0.507 e. The molecule has 0 radical (unpaired) electrons. The van der Waals surface area contributed by atoms with Crippen LogP contribution >= 0.6 is 0 Å². The number of ketones is 1. The quantitative estimate of drug-likeness (QED) is 0.346. The number of rotatable bonds is 6. The number of Topliss-reactive ketones (excluding diaryl/α,β-unsaturated/α-hetero) is 1. The van der Waals surface area contributed by atoms with Gasteiger partial charge in [0.1, 0.15) is 11.5 Å². The number of ether oxygens (including phenoxy) is 1. The molecule has 1 amide bonds. The number of aromatic nitrogens is 1. The number of aliphatic hydroxyl groups is 1. The number of pyridine rings is 1. The van der Waals surface area contributed by atoms with Gasteiger partial charge in [0, 0.05) is 23.6 Å². The molecule has 6 heteroatoms. The standard InChI is InChI=1S/C26H24N2O4/c1-3-15-32-21-9-7-19(8-10-21)24(29)22-23(18-11-13-27-14-12-18)28(26(31)25(22)30)20-6-4-5-17(2)16-20/h4-14,16,23,29H,3,15H2,1-2H3/b24-22+. The van der Waals surface area contributed by atoms with Crippen LogP contribution in [-0.4, -0.2) is 28.4 Å². The van der Waals surface area contributed by atoms with Crippen molar-refractivity contribution in [2.24, 2.45) is 0 Å². The highest BCUT2D eigenvalue weighted by Crippen LogP contribution is 2.42. The number of benzene rings is 2. The van der Waals surface area contributed by atoms with Gasteiger partial charge in [-0.3, -0.25) is 19.5 Å². The molecule has 1 unspecified atom stereocenters. The first-order valence-corrected chi connectivity index (χ1v) is 10.5. The first-order chi connectivity index (χ1) is 15.5. The van der Waals surface area contributed by atoms with E-state index in [0.29, 0.717) is 29.2 Å². The zero-order valence-corrected chi connectivity index (χ0v) is 18.0. The summed E-state index contributed by atoms with van der Waals surface area (Å²) in [5, 5.41) is 11.1. The normalized spacial score (nSPS) is 17.6. The second-order valence-electron chi connectivity index (χ2n) is 7.66. The molecule has 3 aromatic rings. The molecule has 4 rings (SSSR count). The van der Waals surface area contributed by atoms with Gasteiger partial charge in [0.15, 0.2) is 0 Å². The number of hydrogen-bond donors (Lipinski definition) is 1. The molecule has 162 valence electrons. The topological polar surface area (TPSA) is 79.7 Å². The van der Waals surface area contributed by atoms with E-state index in [4.69, 9.17) is 4.74 Å². The third kappa shape index (κ3) is 3.99. The third-order valence-corrected chi connectivity index (χ3v) is 5.35. The van der Waals surface area contributed by atoms with Crippen LogP contribution in [0.2, 0.25) is 0 Å². The van der Waals surface area contributed by atoms with Crippen LogP contribution in [-0.2, 0) is 9.59 Å². The molecule has 0 saturated carbocycles. The molecule has 0 aliphatic carbocycles. The summed E-state index contributed by atoms with van der Waals surface area (Å²) in [6.07, 6.45) is 4.09. The van der Waals surface area contributed by atoms with Crippen molar-refractivity contribution in [2.45, 2.75) is 26.3 Å². The number of aryl methyl sites for hydroxylation is 1. The molecule has 1 aliphatic rings. The van der Waals surface area contributed by atoms with E-state index < -0.39 is 17.7 Å². The van der Waals surface area contributed by atoms with Gasteiger partial charge in [-0.25, -0.2) is 0 Å². The molecule has 1 atom stereocenters. The van der Waals surface area contributed by atoms with E-state index in [-0.39, 0.29) is 11.3 Å². The van der Waals surface area contributed by atoms with E-state index in [1.807, 2.05) is 32.0 Å². The number of aliphatic hydroxyl groups excluding tert-OH is 1. The number of carbonyl (C=O) groups is 2. The lowest BCUT2D eigenvalue weighted by atomic mass is 9.95. The largest absolute Gasteiger partial charge is 0.507 e. The van der Waals surface area contributed by atoms with Gasteiger partial charge in [-0.05, 0) is 73.0 Å². The Morgan fingerprint density at radius 3 is 2.44 bits per heavy atom. The monoisotopic (exact) mass is 428 g/mol. The van der Waals surface area contributed by atoms with Gasteiger partial charge in [-0.15, -0.1) is 0 Å². The first kappa shape index (κ1) is 21.3. The average Bonchev–Trinajstić information content (AvgIpc) is 3.08. The second-order valence-corrected chi connectivity index (χ2v) is 7.66. The Morgan fingerprint density at radius 2 is 1.78 bits per heavy atom. The van der Waals surface area contributed by atoms with Gasteiger partial charge in [-0.1, -0.05) is 19.1 Å². The SMILES string of the molecule is CCCOc1ccc(/C(O)=C2\C(=O)C(=O)N(c3cccc(C)c3)C2c2ccncc2)cc1. The predicted molar refractivity (Wildman–Crippen MR) is 122 cm³/mol. The smallest absolute Gasteiger partial charge is 0.300 e.